The molecule has 0 atom stereocenters. The highest BCUT2D eigenvalue weighted by Gasteiger charge is 2.33. The van der Waals surface area contributed by atoms with Gasteiger partial charge in [0.1, 0.15) is 5.82 Å². The molecule has 2 N–H and O–H groups in total. The van der Waals surface area contributed by atoms with Crippen LogP contribution in [0.5, 0.6) is 0 Å². The largest absolute Gasteiger partial charge is 0.336 e. The van der Waals surface area contributed by atoms with Crippen molar-refractivity contribution in [2.24, 2.45) is 5.14 Å². The SMILES string of the molecule is CCN(C(=O)c1cc(S(N)(=O)=O)cc(F)c1Cl)C1CC1. The second-order valence-electron chi connectivity index (χ2n) is 4.63. The zero-order valence-electron chi connectivity index (χ0n) is 10.8. The topological polar surface area (TPSA) is 80.5 Å². The summed E-state index contributed by atoms with van der Waals surface area (Å²) in [4.78, 5) is 13.4. The summed E-state index contributed by atoms with van der Waals surface area (Å²) in [6, 6.07) is 1.85. The van der Waals surface area contributed by atoms with Gasteiger partial charge in [-0.25, -0.2) is 17.9 Å². The van der Waals surface area contributed by atoms with E-state index in [-0.39, 0.29) is 16.6 Å². The average Bonchev–Trinajstić information content (AvgIpc) is 3.16. The summed E-state index contributed by atoms with van der Waals surface area (Å²) in [5.74, 6) is -1.46. The Morgan fingerprint density at radius 1 is 1.50 bits per heavy atom. The van der Waals surface area contributed by atoms with Crippen LogP contribution in [-0.4, -0.2) is 31.8 Å². The summed E-state index contributed by atoms with van der Waals surface area (Å²) in [7, 11) is -4.10. The zero-order valence-corrected chi connectivity index (χ0v) is 12.3. The minimum atomic E-state index is -4.10. The predicted molar refractivity (Wildman–Crippen MR) is 72.5 cm³/mol. The molecule has 1 aromatic carbocycles. The summed E-state index contributed by atoms with van der Waals surface area (Å²) in [6.07, 6.45) is 1.77. The first-order chi connectivity index (χ1) is 9.25. The minimum Gasteiger partial charge on any atom is -0.336 e. The van der Waals surface area contributed by atoms with Crippen LogP contribution < -0.4 is 5.14 Å². The fourth-order valence-corrected chi connectivity index (χ4v) is 2.73. The van der Waals surface area contributed by atoms with Gasteiger partial charge in [0.25, 0.3) is 5.91 Å². The molecule has 0 bridgehead atoms. The van der Waals surface area contributed by atoms with Crippen molar-refractivity contribution >= 4 is 27.5 Å². The van der Waals surface area contributed by atoms with E-state index in [1.807, 2.05) is 0 Å². The van der Waals surface area contributed by atoms with Gasteiger partial charge in [-0.15, -0.1) is 0 Å². The van der Waals surface area contributed by atoms with Crippen molar-refractivity contribution in [1.82, 2.24) is 4.90 Å². The van der Waals surface area contributed by atoms with E-state index >= 15 is 0 Å². The molecular formula is C12H14ClFN2O3S. The number of rotatable bonds is 4. The lowest BCUT2D eigenvalue weighted by molar-refractivity contribution is 0.0752. The smallest absolute Gasteiger partial charge is 0.255 e. The van der Waals surface area contributed by atoms with Crippen LogP contribution in [0, 0.1) is 5.82 Å². The van der Waals surface area contributed by atoms with Crippen molar-refractivity contribution < 1.29 is 17.6 Å². The molecular weight excluding hydrogens is 307 g/mol. The predicted octanol–water partition coefficient (Wildman–Crippen LogP) is 1.75. The number of benzene rings is 1. The number of sulfonamides is 1. The molecule has 0 saturated heterocycles. The van der Waals surface area contributed by atoms with Gasteiger partial charge in [0.2, 0.25) is 10.0 Å². The molecule has 0 heterocycles. The van der Waals surface area contributed by atoms with Crippen molar-refractivity contribution in [3.8, 4) is 0 Å². The van der Waals surface area contributed by atoms with Crippen LogP contribution in [-0.2, 0) is 10.0 Å². The van der Waals surface area contributed by atoms with E-state index in [4.69, 9.17) is 16.7 Å². The minimum absolute atomic E-state index is 0.116. The van der Waals surface area contributed by atoms with Crippen LogP contribution >= 0.6 is 11.6 Å². The van der Waals surface area contributed by atoms with Crippen molar-refractivity contribution in [2.75, 3.05) is 6.54 Å². The molecule has 1 aromatic rings. The summed E-state index contributed by atoms with van der Waals surface area (Å²) in [5, 5.41) is 4.58. The highest BCUT2D eigenvalue weighted by atomic mass is 35.5. The number of primary sulfonamides is 1. The first-order valence-corrected chi connectivity index (χ1v) is 8.01. The van der Waals surface area contributed by atoms with E-state index in [9.17, 15) is 17.6 Å². The normalized spacial score (nSPS) is 15.2. The third-order valence-electron chi connectivity index (χ3n) is 3.15. The van der Waals surface area contributed by atoms with E-state index in [2.05, 4.69) is 0 Å². The second kappa shape index (κ2) is 5.31. The van der Waals surface area contributed by atoms with Gasteiger partial charge in [-0.2, -0.15) is 0 Å². The fourth-order valence-electron chi connectivity index (χ4n) is 1.99. The lowest BCUT2D eigenvalue weighted by Gasteiger charge is -2.21. The van der Waals surface area contributed by atoms with Gasteiger partial charge in [-0.1, -0.05) is 11.6 Å². The van der Waals surface area contributed by atoms with Gasteiger partial charge in [0, 0.05) is 12.6 Å². The molecule has 1 amide bonds. The van der Waals surface area contributed by atoms with E-state index < -0.39 is 26.6 Å². The lowest BCUT2D eigenvalue weighted by Crippen LogP contribution is -2.33. The molecule has 8 heteroatoms. The Bertz CT molecular complexity index is 659. The Hall–Kier alpha value is -1.18. The molecule has 1 fully saturated rings. The molecule has 0 aromatic heterocycles. The molecule has 2 rings (SSSR count). The molecule has 20 heavy (non-hydrogen) atoms. The lowest BCUT2D eigenvalue weighted by atomic mass is 10.2. The maximum absolute atomic E-state index is 13.7. The van der Waals surface area contributed by atoms with Gasteiger partial charge >= 0.3 is 0 Å². The molecule has 1 saturated carbocycles. The second-order valence-corrected chi connectivity index (χ2v) is 6.57. The summed E-state index contributed by atoms with van der Waals surface area (Å²) in [5.41, 5.74) is -0.176. The van der Waals surface area contributed by atoms with Crippen LogP contribution in [0.15, 0.2) is 17.0 Å². The third kappa shape index (κ3) is 2.94. The van der Waals surface area contributed by atoms with Crippen molar-refractivity contribution in [3.63, 3.8) is 0 Å². The van der Waals surface area contributed by atoms with E-state index in [1.165, 1.54) is 0 Å². The van der Waals surface area contributed by atoms with Crippen molar-refractivity contribution in [2.45, 2.75) is 30.7 Å². The zero-order chi connectivity index (χ0) is 15.1. The maximum atomic E-state index is 13.7. The molecule has 1 aliphatic carbocycles. The number of nitrogens with two attached hydrogens (primary N) is 1. The van der Waals surface area contributed by atoms with Gasteiger partial charge in [-0.3, -0.25) is 4.79 Å². The Kier molecular flexibility index (Phi) is 4.04. The number of hydrogen-bond acceptors (Lipinski definition) is 3. The van der Waals surface area contributed by atoms with Crippen LogP contribution in [0.4, 0.5) is 4.39 Å². The number of nitrogens with zero attached hydrogens (tertiary/aromatic N) is 1. The van der Waals surface area contributed by atoms with E-state index in [1.54, 1.807) is 11.8 Å². The molecule has 5 nitrogen and oxygen atoms in total. The summed E-state index contributed by atoms with van der Waals surface area (Å²) >= 11 is 5.78. The van der Waals surface area contributed by atoms with Crippen molar-refractivity contribution in [1.29, 1.82) is 0 Å². The number of halogens is 2. The van der Waals surface area contributed by atoms with Crippen LogP contribution in [0.2, 0.25) is 5.02 Å². The highest BCUT2D eigenvalue weighted by molar-refractivity contribution is 7.89. The first kappa shape index (κ1) is 15.2. The third-order valence-corrected chi connectivity index (χ3v) is 4.43. The standard InChI is InChI=1S/C12H14ClFN2O3S/c1-2-16(7-3-4-7)12(17)9-5-8(20(15,18)19)6-10(14)11(9)13/h5-7H,2-4H2,1H3,(H2,15,18,19). The molecule has 1 aliphatic rings. The number of amides is 1. The maximum Gasteiger partial charge on any atom is 0.255 e. The van der Waals surface area contributed by atoms with Gasteiger partial charge in [0.15, 0.2) is 0 Å². The van der Waals surface area contributed by atoms with E-state index in [0.29, 0.717) is 12.6 Å². The molecule has 0 aliphatic heterocycles. The molecule has 0 radical (unpaired) electrons. The Balaban J connectivity index is 2.49. The summed E-state index contributed by atoms with van der Waals surface area (Å²) in [6.45, 7) is 2.24. The monoisotopic (exact) mass is 320 g/mol. The highest BCUT2D eigenvalue weighted by Crippen LogP contribution is 2.31. The first-order valence-electron chi connectivity index (χ1n) is 6.08. The Morgan fingerprint density at radius 2 is 2.10 bits per heavy atom. The Morgan fingerprint density at radius 3 is 2.55 bits per heavy atom. The average molecular weight is 321 g/mol. The van der Waals surface area contributed by atoms with Gasteiger partial charge < -0.3 is 4.90 Å². The fraction of sp³-hybridized carbons (Fsp3) is 0.417. The number of carbonyl (C=O) groups is 1. The molecule has 0 unspecified atom stereocenters. The van der Waals surface area contributed by atoms with Crippen molar-refractivity contribution in [3.05, 3.63) is 28.5 Å². The van der Waals surface area contributed by atoms with E-state index in [0.717, 1.165) is 18.9 Å². The van der Waals surface area contributed by atoms with Crippen LogP contribution in [0.1, 0.15) is 30.1 Å². The Labute approximate surface area is 121 Å². The molecule has 110 valence electrons. The number of carbonyl (C=O) groups excluding carboxylic acids is 1. The van der Waals surface area contributed by atoms with Crippen LogP contribution in [0.25, 0.3) is 0 Å². The van der Waals surface area contributed by atoms with Gasteiger partial charge in [0.05, 0.1) is 15.5 Å². The van der Waals surface area contributed by atoms with Crippen LogP contribution in [0.3, 0.4) is 0 Å². The quantitative estimate of drug-likeness (QED) is 0.917. The molecule has 0 spiro atoms. The summed E-state index contributed by atoms with van der Waals surface area (Å²) < 4.78 is 36.3. The number of hydrogen-bond donors (Lipinski definition) is 1. The van der Waals surface area contributed by atoms with Gasteiger partial charge in [-0.05, 0) is 31.9 Å².